The van der Waals surface area contributed by atoms with Gasteiger partial charge in [-0.1, -0.05) is 74.6 Å². The number of ketones is 1. The van der Waals surface area contributed by atoms with Gasteiger partial charge >= 0.3 is 12.1 Å². The van der Waals surface area contributed by atoms with Gasteiger partial charge in [-0.25, -0.2) is 9.59 Å². The molecule has 0 heterocycles. The average molecular weight is 596 g/mol. The van der Waals surface area contributed by atoms with Crippen molar-refractivity contribution in [3.05, 3.63) is 84.5 Å². The molecule has 0 aliphatic rings. The Balaban J connectivity index is 2.10. The fourth-order valence-electron chi connectivity index (χ4n) is 3.91. The van der Waals surface area contributed by atoms with Crippen molar-refractivity contribution in [2.24, 2.45) is 0 Å². The molecule has 8 nitrogen and oxygen atoms in total. The van der Waals surface area contributed by atoms with Crippen molar-refractivity contribution in [1.82, 2.24) is 0 Å². The molecule has 0 fully saturated rings. The van der Waals surface area contributed by atoms with Crippen LogP contribution in [-0.2, 0) is 14.3 Å². The molecular formula is C35H49NO7. The number of Topliss-reactive ketones (excluding diaryl/α,β-unsaturated/α-hetero) is 1. The number of allylic oxidation sites excluding steroid dienone is 10. The third-order valence-electron chi connectivity index (χ3n) is 6.25. The molecule has 8 heteroatoms. The van der Waals surface area contributed by atoms with Gasteiger partial charge in [0.2, 0.25) is 0 Å². The predicted octanol–water partition coefficient (Wildman–Crippen LogP) is 8.71. The fraction of sp³-hybridized carbons (Fsp3) is 0.457. The number of amides is 1. The van der Waals surface area contributed by atoms with Gasteiger partial charge in [-0.15, -0.1) is 0 Å². The first-order chi connectivity index (χ1) is 20.9. The van der Waals surface area contributed by atoms with Crippen LogP contribution >= 0.6 is 0 Å². The number of anilines is 1. The Morgan fingerprint density at radius 2 is 1.42 bits per heavy atom. The minimum absolute atomic E-state index is 0.0195. The van der Waals surface area contributed by atoms with E-state index < -0.39 is 23.9 Å². The van der Waals surface area contributed by atoms with Crippen molar-refractivity contribution in [2.45, 2.75) is 90.6 Å². The topological polar surface area (TPSA) is 122 Å². The number of aromatic hydroxyl groups is 1. The number of phenols is 1. The van der Waals surface area contributed by atoms with E-state index in [1.165, 1.54) is 12.1 Å². The minimum atomic E-state index is -1.31. The number of carboxylic acids is 1. The normalized spacial score (nSPS) is 12.7. The van der Waals surface area contributed by atoms with Gasteiger partial charge in [0.05, 0.1) is 6.61 Å². The fourth-order valence-corrected chi connectivity index (χ4v) is 3.91. The molecule has 1 amide bonds. The predicted molar refractivity (Wildman–Crippen MR) is 173 cm³/mol. The molecule has 0 aromatic heterocycles. The van der Waals surface area contributed by atoms with Gasteiger partial charge in [-0.2, -0.15) is 0 Å². The highest BCUT2D eigenvalue weighted by Crippen LogP contribution is 2.21. The lowest BCUT2D eigenvalue weighted by Crippen LogP contribution is -2.24. The largest absolute Gasteiger partial charge is 0.507 e. The molecule has 3 N–H and O–H groups in total. The van der Waals surface area contributed by atoms with Crippen LogP contribution in [0.1, 0.15) is 94.8 Å². The number of carbonyl (C=O) groups excluding carboxylic acids is 2. The van der Waals surface area contributed by atoms with Gasteiger partial charge in [0.25, 0.3) is 0 Å². The van der Waals surface area contributed by atoms with Crippen LogP contribution in [0.25, 0.3) is 0 Å². The third-order valence-corrected chi connectivity index (χ3v) is 6.25. The minimum Gasteiger partial charge on any atom is -0.507 e. The number of ether oxygens (including phenoxy) is 2. The van der Waals surface area contributed by atoms with Gasteiger partial charge in [-0.05, 0) is 82.4 Å². The second-order valence-electron chi connectivity index (χ2n) is 9.84. The van der Waals surface area contributed by atoms with E-state index in [1.807, 2.05) is 6.92 Å². The molecular weight excluding hydrogens is 546 g/mol. The van der Waals surface area contributed by atoms with Gasteiger partial charge in [0, 0.05) is 18.7 Å². The SMILES string of the molecule is CC/C=C\C/C=C\C/C=C\C/C=C\C/C=C\CCCCOC(CC)C(=O)CCCOC(=O)Nc1ccc(O)c(C(=O)O)c1. The standard InChI is InChI=1S/C35H49NO7/c1-3-5-6-7-8-9-10-11-12-13-14-15-16-17-18-19-20-21-26-42-33(4-2)32(38)23-22-27-43-35(41)36-29-24-25-31(37)30(28-29)34(39)40/h5-6,8-9,11-12,14-15,17-18,24-25,28,33,37H,3-4,7,10,13,16,19-23,26-27H2,1-2H3,(H,36,41)(H,39,40)/b6-5-,9-8-,12-11-,15-14-,18-17-. The lowest BCUT2D eigenvalue weighted by molar-refractivity contribution is -0.131. The van der Waals surface area contributed by atoms with Gasteiger partial charge in [0.15, 0.2) is 5.78 Å². The average Bonchev–Trinajstić information content (AvgIpc) is 2.99. The van der Waals surface area contributed by atoms with Crippen LogP contribution in [0.5, 0.6) is 5.75 Å². The van der Waals surface area contributed by atoms with Crippen LogP contribution in [0.3, 0.4) is 0 Å². The van der Waals surface area contributed by atoms with Crippen LogP contribution in [0.2, 0.25) is 0 Å². The molecule has 0 spiro atoms. The number of hydrogen-bond donors (Lipinski definition) is 3. The molecule has 0 aliphatic carbocycles. The summed E-state index contributed by atoms with van der Waals surface area (Å²) in [6, 6.07) is 3.67. The Hall–Kier alpha value is -3.91. The second-order valence-corrected chi connectivity index (χ2v) is 9.84. The number of hydrogen-bond acceptors (Lipinski definition) is 6. The van der Waals surface area contributed by atoms with E-state index in [-0.39, 0.29) is 30.1 Å². The Labute approximate surface area is 256 Å². The van der Waals surface area contributed by atoms with Crippen LogP contribution in [0.15, 0.2) is 79.0 Å². The maximum Gasteiger partial charge on any atom is 0.411 e. The first-order valence-corrected chi connectivity index (χ1v) is 15.3. The highest BCUT2D eigenvalue weighted by molar-refractivity contribution is 5.94. The van der Waals surface area contributed by atoms with Crippen molar-refractivity contribution in [3.63, 3.8) is 0 Å². The number of benzene rings is 1. The summed E-state index contributed by atoms with van der Waals surface area (Å²) in [6.45, 7) is 4.61. The molecule has 236 valence electrons. The summed E-state index contributed by atoms with van der Waals surface area (Å²) in [5, 5.41) is 21.0. The van der Waals surface area contributed by atoms with Gasteiger partial charge in [0.1, 0.15) is 17.4 Å². The maximum atomic E-state index is 12.5. The highest BCUT2D eigenvalue weighted by Gasteiger charge is 2.17. The first kappa shape index (κ1) is 37.1. The van der Waals surface area contributed by atoms with E-state index in [0.717, 1.165) is 57.4 Å². The monoisotopic (exact) mass is 595 g/mol. The number of carbonyl (C=O) groups is 3. The van der Waals surface area contributed by atoms with Crippen molar-refractivity contribution in [1.29, 1.82) is 0 Å². The van der Waals surface area contributed by atoms with Crippen LogP contribution < -0.4 is 5.32 Å². The Morgan fingerprint density at radius 1 is 0.814 bits per heavy atom. The van der Waals surface area contributed by atoms with E-state index in [0.29, 0.717) is 19.4 Å². The zero-order valence-corrected chi connectivity index (χ0v) is 25.7. The summed E-state index contributed by atoms with van der Waals surface area (Å²) in [5.41, 5.74) is -0.153. The van der Waals surface area contributed by atoms with Gasteiger partial charge < -0.3 is 19.7 Å². The molecule has 1 aromatic carbocycles. The summed E-state index contributed by atoms with van der Waals surface area (Å²) in [7, 11) is 0. The number of rotatable bonds is 23. The lowest BCUT2D eigenvalue weighted by atomic mass is 10.1. The van der Waals surface area contributed by atoms with Gasteiger partial charge in [-0.3, -0.25) is 10.1 Å². The summed E-state index contributed by atoms with van der Waals surface area (Å²) >= 11 is 0. The van der Waals surface area contributed by atoms with Crippen LogP contribution in [0, 0.1) is 0 Å². The smallest absolute Gasteiger partial charge is 0.411 e. The molecule has 0 saturated heterocycles. The number of nitrogens with one attached hydrogen (secondary N) is 1. The van der Waals surface area contributed by atoms with E-state index in [9.17, 15) is 19.5 Å². The molecule has 1 rings (SSSR count). The zero-order chi connectivity index (χ0) is 31.5. The molecule has 0 aliphatic heterocycles. The van der Waals surface area contributed by atoms with Crippen molar-refractivity contribution >= 4 is 23.5 Å². The number of carboxylic acid groups (broad SMARTS) is 1. The molecule has 0 saturated carbocycles. The zero-order valence-electron chi connectivity index (χ0n) is 25.7. The quantitative estimate of drug-likeness (QED) is 0.0657. The van der Waals surface area contributed by atoms with E-state index >= 15 is 0 Å². The first-order valence-electron chi connectivity index (χ1n) is 15.3. The van der Waals surface area contributed by atoms with Crippen LogP contribution in [-0.4, -0.2) is 47.4 Å². The Kier molecular flexibility index (Phi) is 21.3. The second kappa shape index (κ2) is 24.7. The maximum absolute atomic E-state index is 12.5. The molecule has 0 bridgehead atoms. The van der Waals surface area contributed by atoms with E-state index in [4.69, 9.17) is 14.6 Å². The Morgan fingerprint density at radius 3 is 2.00 bits per heavy atom. The number of unbranched alkanes of at least 4 members (excludes halogenated alkanes) is 2. The van der Waals surface area contributed by atoms with Crippen molar-refractivity contribution < 1.29 is 34.1 Å². The molecule has 1 atom stereocenters. The molecule has 1 aromatic rings. The van der Waals surface area contributed by atoms with E-state index in [1.54, 1.807) is 0 Å². The van der Waals surface area contributed by atoms with E-state index in [2.05, 4.69) is 73.0 Å². The van der Waals surface area contributed by atoms with Crippen molar-refractivity contribution in [2.75, 3.05) is 18.5 Å². The summed E-state index contributed by atoms with van der Waals surface area (Å²) in [5.74, 6) is -1.73. The molecule has 1 unspecified atom stereocenters. The third kappa shape index (κ3) is 19.0. The Bertz CT molecular complexity index is 1100. The summed E-state index contributed by atoms with van der Waals surface area (Å²) < 4.78 is 10.9. The van der Waals surface area contributed by atoms with Crippen molar-refractivity contribution in [3.8, 4) is 5.75 Å². The summed E-state index contributed by atoms with van der Waals surface area (Å²) in [6.07, 6.45) is 29.6. The molecule has 43 heavy (non-hydrogen) atoms. The highest BCUT2D eigenvalue weighted by atomic mass is 16.5. The summed E-state index contributed by atoms with van der Waals surface area (Å²) in [4.78, 5) is 35.5. The van der Waals surface area contributed by atoms with Crippen LogP contribution in [0.4, 0.5) is 10.5 Å². The lowest BCUT2D eigenvalue weighted by Gasteiger charge is -2.15. The number of aromatic carboxylic acids is 1. The molecule has 0 radical (unpaired) electrons.